The largest absolute Gasteiger partial charge is 0.409 e. The summed E-state index contributed by atoms with van der Waals surface area (Å²) >= 11 is 0. The van der Waals surface area contributed by atoms with Gasteiger partial charge in [-0.1, -0.05) is 55.8 Å². The fourth-order valence-corrected chi connectivity index (χ4v) is 2.19. The van der Waals surface area contributed by atoms with E-state index in [2.05, 4.69) is 19.0 Å². The first-order valence-corrected chi connectivity index (χ1v) is 7.25. The van der Waals surface area contributed by atoms with Gasteiger partial charge in [0, 0.05) is 13.6 Å². The van der Waals surface area contributed by atoms with E-state index >= 15 is 0 Å². The molecule has 0 saturated carbocycles. The molecule has 2 unspecified atom stereocenters. The fourth-order valence-electron chi connectivity index (χ4n) is 2.19. The minimum atomic E-state index is -0.633. The zero-order valence-electron chi connectivity index (χ0n) is 13.0. The highest BCUT2D eigenvalue weighted by Crippen LogP contribution is 2.13. The van der Waals surface area contributed by atoms with Crippen molar-refractivity contribution in [2.75, 3.05) is 13.6 Å². The molecule has 2 atom stereocenters. The number of nitrogens with zero attached hydrogens (tertiary/aromatic N) is 2. The van der Waals surface area contributed by atoms with Crippen LogP contribution in [0.1, 0.15) is 25.8 Å². The maximum atomic E-state index is 12.6. The van der Waals surface area contributed by atoms with Crippen molar-refractivity contribution in [3.63, 3.8) is 0 Å². The highest BCUT2D eigenvalue weighted by molar-refractivity contribution is 6.02. The molecule has 0 radical (unpaired) electrons. The Balaban J connectivity index is 2.85. The van der Waals surface area contributed by atoms with Crippen molar-refractivity contribution in [1.82, 2.24) is 4.90 Å². The number of amides is 1. The monoisotopic (exact) mass is 291 g/mol. The smallest absolute Gasteiger partial charge is 0.233 e. The topological polar surface area (TPSA) is 78.9 Å². The van der Waals surface area contributed by atoms with Crippen LogP contribution in [0.15, 0.2) is 35.5 Å². The molecular formula is C16H25N3O2. The first-order chi connectivity index (χ1) is 9.99. The third kappa shape index (κ3) is 5.10. The Bertz CT molecular complexity index is 474. The Morgan fingerprint density at radius 1 is 1.38 bits per heavy atom. The molecule has 1 amide bonds. The van der Waals surface area contributed by atoms with Gasteiger partial charge in [-0.3, -0.25) is 4.79 Å². The Hall–Kier alpha value is -2.04. The van der Waals surface area contributed by atoms with Crippen LogP contribution >= 0.6 is 0 Å². The van der Waals surface area contributed by atoms with Crippen molar-refractivity contribution < 1.29 is 10.0 Å². The van der Waals surface area contributed by atoms with Gasteiger partial charge in [0.15, 0.2) is 5.84 Å². The average molecular weight is 291 g/mol. The van der Waals surface area contributed by atoms with E-state index in [-0.39, 0.29) is 11.7 Å². The van der Waals surface area contributed by atoms with Gasteiger partial charge in [0.05, 0.1) is 0 Å². The van der Waals surface area contributed by atoms with Crippen molar-refractivity contribution in [2.24, 2.45) is 22.7 Å². The molecule has 0 aliphatic rings. The van der Waals surface area contributed by atoms with Gasteiger partial charge in [-0.25, -0.2) is 0 Å². The van der Waals surface area contributed by atoms with E-state index in [0.717, 1.165) is 12.0 Å². The molecule has 1 aromatic carbocycles. The zero-order valence-corrected chi connectivity index (χ0v) is 13.0. The van der Waals surface area contributed by atoms with E-state index < -0.39 is 5.92 Å². The van der Waals surface area contributed by atoms with Crippen molar-refractivity contribution in [1.29, 1.82) is 0 Å². The minimum absolute atomic E-state index is 0.0418. The van der Waals surface area contributed by atoms with E-state index in [9.17, 15) is 4.79 Å². The Labute approximate surface area is 126 Å². The van der Waals surface area contributed by atoms with Crippen LogP contribution in [-0.4, -0.2) is 35.4 Å². The van der Waals surface area contributed by atoms with Crippen molar-refractivity contribution in [2.45, 2.75) is 26.7 Å². The molecule has 116 valence electrons. The Kier molecular flexibility index (Phi) is 6.72. The summed E-state index contributed by atoms with van der Waals surface area (Å²) in [5.74, 6) is -0.371. The van der Waals surface area contributed by atoms with Gasteiger partial charge in [0.2, 0.25) is 5.91 Å². The van der Waals surface area contributed by atoms with Gasteiger partial charge in [-0.05, 0) is 17.9 Å². The number of amidine groups is 1. The molecular weight excluding hydrogens is 266 g/mol. The summed E-state index contributed by atoms with van der Waals surface area (Å²) in [5.41, 5.74) is 6.71. The summed E-state index contributed by atoms with van der Waals surface area (Å²) in [5, 5.41) is 12.0. The molecule has 0 fully saturated rings. The number of rotatable bonds is 7. The van der Waals surface area contributed by atoms with Gasteiger partial charge in [0.1, 0.15) is 5.92 Å². The normalized spacial score (nSPS) is 14.5. The quantitative estimate of drug-likeness (QED) is 0.349. The van der Waals surface area contributed by atoms with Crippen LogP contribution in [0.25, 0.3) is 0 Å². The predicted octanol–water partition coefficient (Wildman–Crippen LogP) is 2.10. The maximum absolute atomic E-state index is 12.6. The first kappa shape index (κ1) is 17.0. The van der Waals surface area contributed by atoms with Crippen LogP contribution in [0.2, 0.25) is 0 Å². The van der Waals surface area contributed by atoms with Gasteiger partial charge in [-0.2, -0.15) is 0 Å². The molecule has 5 heteroatoms. The van der Waals surface area contributed by atoms with Crippen molar-refractivity contribution >= 4 is 11.7 Å². The molecule has 0 aliphatic carbocycles. The number of hydrogen-bond donors (Lipinski definition) is 2. The lowest BCUT2D eigenvalue weighted by molar-refractivity contribution is -0.132. The number of carbonyl (C=O) groups is 1. The first-order valence-electron chi connectivity index (χ1n) is 7.25. The lowest BCUT2D eigenvalue weighted by Gasteiger charge is -2.25. The molecule has 0 aromatic heterocycles. The summed E-state index contributed by atoms with van der Waals surface area (Å²) in [6.07, 6.45) is 1.44. The SMILES string of the molecule is CCC(C)CN(C)C(=O)C(Cc1ccccc1)C(N)=NO. The third-order valence-electron chi connectivity index (χ3n) is 3.71. The zero-order chi connectivity index (χ0) is 15.8. The standard InChI is InChI=1S/C16H25N3O2/c1-4-12(2)11-19(3)16(20)14(15(17)18-21)10-13-8-6-5-7-9-13/h5-9,12,14,21H,4,10-11H2,1-3H3,(H2,17,18). The average Bonchev–Trinajstić information content (AvgIpc) is 2.51. The van der Waals surface area contributed by atoms with E-state index in [1.54, 1.807) is 11.9 Å². The summed E-state index contributed by atoms with van der Waals surface area (Å²) in [7, 11) is 1.76. The van der Waals surface area contributed by atoms with Gasteiger partial charge in [-0.15, -0.1) is 0 Å². The van der Waals surface area contributed by atoms with Crippen LogP contribution in [0.5, 0.6) is 0 Å². The molecule has 1 rings (SSSR count). The summed E-state index contributed by atoms with van der Waals surface area (Å²) in [6.45, 7) is 4.85. The second kappa shape index (κ2) is 8.29. The maximum Gasteiger partial charge on any atom is 0.233 e. The molecule has 5 nitrogen and oxygen atoms in total. The Morgan fingerprint density at radius 3 is 2.52 bits per heavy atom. The Morgan fingerprint density at radius 2 is 2.00 bits per heavy atom. The van der Waals surface area contributed by atoms with E-state index in [0.29, 0.717) is 18.9 Å². The second-order valence-electron chi connectivity index (χ2n) is 5.50. The summed E-state index contributed by atoms with van der Waals surface area (Å²) in [6, 6.07) is 9.59. The number of nitrogens with two attached hydrogens (primary N) is 1. The van der Waals surface area contributed by atoms with E-state index in [4.69, 9.17) is 10.9 Å². The van der Waals surface area contributed by atoms with Gasteiger partial charge < -0.3 is 15.8 Å². The number of benzene rings is 1. The van der Waals surface area contributed by atoms with E-state index in [1.807, 2.05) is 30.3 Å². The van der Waals surface area contributed by atoms with Crippen LogP contribution in [0, 0.1) is 11.8 Å². The predicted molar refractivity (Wildman–Crippen MR) is 84.1 cm³/mol. The summed E-state index contributed by atoms with van der Waals surface area (Å²) in [4.78, 5) is 14.2. The molecule has 1 aromatic rings. The van der Waals surface area contributed by atoms with Crippen molar-refractivity contribution in [3.05, 3.63) is 35.9 Å². The fraction of sp³-hybridized carbons (Fsp3) is 0.500. The van der Waals surface area contributed by atoms with Crippen LogP contribution < -0.4 is 5.73 Å². The number of oxime groups is 1. The number of hydrogen-bond acceptors (Lipinski definition) is 3. The summed E-state index contributed by atoms with van der Waals surface area (Å²) < 4.78 is 0. The third-order valence-corrected chi connectivity index (χ3v) is 3.71. The highest BCUT2D eigenvalue weighted by atomic mass is 16.4. The lowest BCUT2D eigenvalue weighted by Crippen LogP contribution is -2.42. The molecule has 3 N–H and O–H groups in total. The van der Waals surface area contributed by atoms with Gasteiger partial charge >= 0.3 is 0 Å². The minimum Gasteiger partial charge on any atom is -0.409 e. The van der Waals surface area contributed by atoms with E-state index in [1.165, 1.54) is 0 Å². The number of carbonyl (C=O) groups excluding carboxylic acids is 1. The lowest BCUT2D eigenvalue weighted by atomic mass is 9.96. The molecule has 0 aliphatic heterocycles. The molecule has 0 heterocycles. The second-order valence-corrected chi connectivity index (χ2v) is 5.50. The molecule has 0 spiro atoms. The van der Waals surface area contributed by atoms with Crippen LogP contribution in [0.4, 0.5) is 0 Å². The van der Waals surface area contributed by atoms with Crippen LogP contribution in [-0.2, 0) is 11.2 Å². The van der Waals surface area contributed by atoms with Crippen LogP contribution in [0.3, 0.4) is 0 Å². The molecule has 0 saturated heterocycles. The highest BCUT2D eigenvalue weighted by Gasteiger charge is 2.27. The molecule has 21 heavy (non-hydrogen) atoms. The van der Waals surface area contributed by atoms with Crippen molar-refractivity contribution in [3.8, 4) is 0 Å². The van der Waals surface area contributed by atoms with Gasteiger partial charge in [0.25, 0.3) is 0 Å². The molecule has 0 bridgehead atoms.